The van der Waals surface area contributed by atoms with Crippen molar-refractivity contribution >= 4 is 34.7 Å². The molecule has 9 heteroatoms. The van der Waals surface area contributed by atoms with E-state index in [2.05, 4.69) is 21.2 Å². The number of nitrogens with two attached hydrogens (primary N) is 1. The minimum atomic E-state index is -0.600. The first-order valence-electron chi connectivity index (χ1n) is 13.0. The van der Waals surface area contributed by atoms with Gasteiger partial charge in [0, 0.05) is 57.9 Å². The molecule has 3 aromatic rings. The lowest BCUT2D eigenvalue weighted by Gasteiger charge is -2.39. The second kappa shape index (κ2) is 11.4. The average molecular weight is 515 g/mol. The number of ether oxygens (including phenoxy) is 1. The maximum Gasteiger partial charge on any atom is 0.323 e. The van der Waals surface area contributed by atoms with Crippen LogP contribution in [-0.2, 0) is 0 Å². The van der Waals surface area contributed by atoms with Crippen molar-refractivity contribution in [3.05, 3.63) is 78.4 Å². The fraction of sp³-hybridized carbons (Fsp3) is 0.310. The second-order valence-corrected chi connectivity index (χ2v) is 9.40. The zero-order valence-electron chi connectivity index (χ0n) is 21.7. The summed E-state index contributed by atoms with van der Waals surface area (Å²) in [6.45, 7) is 5.87. The van der Waals surface area contributed by atoms with Crippen LogP contribution in [0.4, 0.5) is 27.5 Å². The van der Waals surface area contributed by atoms with E-state index in [0.29, 0.717) is 30.0 Å². The minimum Gasteiger partial charge on any atom is -0.495 e. The second-order valence-electron chi connectivity index (χ2n) is 9.40. The molecule has 2 fully saturated rings. The van der Waals surface area contributed by atoms with E-state index in [-0.39, 0.29) is 5.91 Å². The maximum atomic E-state index is 13.4. The number of nitrogens with one attached hydrogen (secondary N) is 1. The van der Waals surface area contributed by atoms with Crippen LogP contribution in [0.1, 0.15) is 10.4 Å². The predicted molar refractivity (Wildman–Crippen MR) is 151 cm³/mol. The van der Waals surface area contributed by atoms with Crippen molar-refractivity contribution in [2.45, 2.75) is 0 Å². The molecule has 0 aromatic heterocycles. The Morgan fingerprint density at radius 2 is 1.45 bits per heavy atom. The Bertz CT molecular complexity index is 1270. The number of nitrogens with zero attached hydrogens (tertiary/aromatic N) is 4. The van der Waals surface area contributed by atoms with Crippen LogP contribution in [0.2, 0.25) is 0 Å². The zero-order chi connectivity index (χ0) is 26.5. The predicted octanol–water partition coefficient (Wildman–Crippen LogP) is 3.28. The molecule has 0 unspecified atom stereocenters. The van der Waals surface area contributed by atoms with E-state index < -0.39 is 6.03 Å². The summed E-state index contributed by atoms with van der Waals surface area (Å²) in [5.74, 6) is 0.805. The topological polar surface area (TPSA) is 94.4 Å². The molecule has 3 amide bonds. The Morgan fingerprint density at radius 1 is 0.816 bits per heavy atom. The molecule has 0 atom stereocenters. The van der Waals surface area contributed by atoms with Crippen molar-refractivity contribution in [2.24, 2.45) is 5.73 Å². The van der Waals surface area contributed by atoms with E-state index in [9.17, 15) is 9.59 Å². The van der Waals surface area contributed by atoms with Crippen molar-refractivity contribution in [1.29, 1.82) is 0 Å². The van der Waals surface area contributed by atoms with Gasteiger partial charge in [0.05, 0.1) is 29.9 Å². The fourth-order valence-corrected chi connectivity index (χ4v) is 5.19. The number of hydrogen-bond acceptors (Lipinski definition) is 6. The van der Waals surface area contributed by atoms with Crippen molar-refractivity contribution in [2.75, 3.05) is 74.2 Å². The average Bonchev–Trinajstić information content (AvgIpc) is 2.98. The lowest BCUT2D eigenvalue weighted by molar-refractivity contribution is 0.0736. The number of piperazine rings is 2. The number of rotatable bonds is 6. The number of benzene rings is 3. The molecule has 0 aliphatic carbocycles. The Morgan fingerprint density at radius 3 is 2.11 bits per heavy atom. The molecule has 2 aliphatic rings. The Balaban J connectivity index is 1.48. The lowest BCUT2D eigenvalue weighted by atomic mass is 10.1. The largest absolute Gasteiger partial charge is 0.495 e. The van der Waals surface area contributed by atoms with Gasteiger partial charge in [0.1, 0.15) is 5.75 Å². The number of carbonyl (C=O) groups excluding carboxylic acids is 2. The van der Waals surface area contributed by atoms with E-state index in [1.807, 2.05) is 71.6 Å². The molecule has 3 N–H and O–H groups in total. The van der Waals surface area contributed by atoms with E-state index in [1.165, 1.54) is 4.90 Å². The van der Waals surface area contributed by atoms with Crippen molar-refractivity contribution < 1.29 is 14.3 Å². The number of primary amides is 1. The summed E-state index contributed by atoms with van der Waals surface area (Å²) < 4.78 is 5.57. The van der Waals surface area contributed by atoms with Gasteiger partial charge in [-0.15, -0.1) is 0 Å². The number of para-hydroxylation sites is 3. The normalized spacial score (nSPS) is 15.8. The maximum absolute atomic E-state index is 13.4. The molecule has 38 heavy (non-hydrogen) atoms. The lowest BCUT2D eigenvalue weighted by Crippen LogP contribution is -2.47. The molecule has 198 valence electrons. The summed E-state index contributed by atoms with van der Waals surface area (Å²) in [7, 11) is 1.69. The molecule has 2 heterocycles. The number of methoxy groups -OCH3 is 1. The van der Waals surface area contributed by atoms with Gasteiger partial charge in [-0.25, -0.2) is 4.79 Å². The summed E-state index contributed by atoms with van der Waals surface area (Å²) in [5.41, 5.74) is 9.67. The van der Waals surface area contributed by atoms with Gasteiger partial charge in [0.15, 0.2) is 0 Å². The summed E-state index contributed by atoms with van der Waals surface area (Å²) in [5, 5.41) is 3.28. The highest BCUT2D eigenvalue weighted by atomic mass is 16.5. The van der Waals surface area contributed by atoms with Gasteiger partial charge in [0.25, 0.3) is 5.91 Å². The summed E-state index contributed by atoms with van der Waals surface area (Å²) in [4.78, 5) is 34.1. The van der Waals surface area contributed by atoms with Crippen LogP contribution in [0.5, 0.6) is 5.75 Å². The molecule has 2 aliphatic heterocycles. The van der Waals surface area contributed by atoms with Crippen LogP contribution >= 0.6 is 0 Å². The van der Waals surface area contributed by atoms with Gasteiger partial charge >= 0.3 is 6.03 Å². The highest BCUT2D eigenvalue weighted by molar-refractivity contribution is 6.04. The van der Waals surface area contributed by atoms with Crippen LogP contribution < -0.4 is 30.5 Å². The van der Waals surface area contributed by atoms with Crippen LogP contribution in [-0.4, -0.2) is 76.3 Å². The number of carbonyl (C=O) groups is 2. The summed E-state index contributed by atoms with van der Waals surface area (Å²) >= 11 is 0. The van der Waals surface area contributed by atoms with Crippen LogP contribution in [0.3, 0.4) is 0 Å². The Labute approximate surface area is 223 Å². The monoisotopic (exact) mass is 514 g/mol. The van der Waals surface area contributed by atoms with Gasteiger partial charge in [-0.3, -0.25) is 9.69 Å². The van der Waals surface area contributed by atoms with Crippen LogP contribution in [0.15, 0.2) is 72.8 Å². The van der Waals surface area contributed by atoms with Crippen LogP contribution in [0.25, 0.3) is 0 Å². The Hall–Kier alpha value is -4.24. The fourth-order valence-electron chi connectivity index (χ4n) is 5.19. The number of urea groups is 1. The zero-order valence-corrected chi connectivity index (χ0v) is 21.7. The molecule has 0 saturated carbocycles. The van der Waals surface area contributed by atoms with Gasteiger partial charge in [-0.2, -0.15) is 0 Å². The first-order valence-corrected chi connectivity index (χ1v) is 13.0. The molecule has 2 saturated heterocycles. The highest BCUT2D eigenvalue weighted by Crippen LogP contribution is 2.37. The molecular weight excluding hydrogens is 480 g/mol. The van der Waals surface area contributed by atoms with Gasteiger partial charge in [0.2, 0.25) is 0 Å². The molecule has 5 rings (SSSR count). The molecule has 0 radical (unpaired) electrons. The van der Waals surface area contributed by atoms with Gasteiger partial charge < -0.3 is 30.5 Å². The van der Waals surface area contributed by atoms with Crippen LogP contribution in [0, 0.1) is 0 Å². The van der Waals surface area contributed by atoms with Crippen molar-refractivity contribution in [3.8, 4) is 5.75 Å². The van der Waals surface area contributed by atoms with Gasteiger partial charge in [-0.1, -0.05) is 30.3 Å². The molecule has 3 aromatic carbocycles. The quantitative estimate of drug-likeness (QED) is 0.524. The first-order chi connectivity index (χ1) is 18.6. The molecule has 0 bridgehead atoms. The number of amides is 3. The summed E-state index contributed by atoms with van der Waals surface area (Å²) in [6, 6.07) is 22.4. The summed E-state index contributed by atoms with van der Waals surface area (Å²) in [6.07, 6.45) is 0. The number of anilines is 4. The van der Waals surface area contributed by atoms with E-state index in [4.69, 9.17) is 10.5 Å². The standard InChI is InChI=1S/C29H34N6O3/c1-38-27-10-6-5-9-25(27)33-19-17-32(18-20-33)24-12-11-22(28(36)34-15-13-31-14-16-34)21-26(24)35(29(30)37)23-7-3-2-4-8-23/h2-12,21,31H,13-20H2,1H3,(H2,30,37). The molecule has 9 nitrogen and oxygen atoms in total. The van der Waals surface area contributed by atoms with E-state index >= 15 is 0 Å². The first kappa shape index (κ1) is 25.4. The SMILES string of the molecule is COc1ccccc1N1CCN(c2ccc(C(=O)N3CCNCC3)cc2N(C(N)=O)c2ccccc2)CC1. The van der Waals surface area contributed by atoms with E-state index in [0.717, 1.165) is 56.4 Å². The minimum absolute atomic E-state index is 0.0437. The third kappa shape index (κ3) is 5.24. The van der Waals surface area contributed by atoms with E-state index in [1.54, 1.807) is 7.11 Å². The Kier molecular flexibility index (Phi) is 7.65. The highest BCUT2D eigenvalue weighted by Gasteiger charge is 2.27. The smallest absolute Gasteiger partial charge is 0.323 e. The molecular formula is C29H34N6O3. The molecule has 0 spiro atoms. The number of hydrogen-bond donors (Lipinski definition) is 2. The van der Waals surface area contributed by atoms with Crippen molar-refractivity contribution in [3.63, 3.8) is 0 Å². The van der Waals surface area contributed by atoms with Gasteiger partial charge in [-0.05, 0) is 42.5 Å². The third-order valence-electron chi connectivity index (χ3n) is 7.15. The van der Waals surface area contributed by atoms with Crippen molar-refractivity contribution in [1.82, 2.24) is 10.2 Å². The third-order valence-corrected chi connectivity index (χ3v) is 7.15.